The third-order valence-corrected chi connectivity index (χ3v) is 5.62. The van der Waals surface area contributed by atoms with E-state index in [1.807, 2.05) is 48.5 Å². The fraction of sp³-hybridized carbons (Fsp3) is 0.0909. The summed E-state index contributed by atoms with van der Waals surface area (Å²) in [6.07, 6.45) is 1.98. The standard InChI is InChI=1S/C22H18O3S/c1-26(23,24)19-13-11-17(12-14-19)22-20(16-7-3-2-4-8-16)15-18-9-5-6-10-21(18)25-22/h2-14H,15H2,1H3. The zero-order valence-corrected chi connectivity index (χ0v) is 15.2. The van der Waals surface area contributed by atoms with Crippen molar-refractivity contribution in [3.05, 3.63) is 95.6 Å². The number of hydrogen-bond acceptors (Lipinski definition) is 3. The fourth-order valence-electron chi connectivity index (χ4n) is 3.15. The van der Waals surface area contributed by atoms with E-state index in [0.717, 1.165) is 40.2 Å². The number of benzene rings is 3. The largest absolute Gasteiger partial charge is 0.456 e. The third-order valence-electron chi connectivity index (χ3n) is 4.49. The molecule has 1 heterocycles. The molecule has 3 aromatic rings. The Morgan fingerprint density at radius 1 is 0.769 bits per heavy atom. The van der Waals surface area contributed by atoms with E-state index < -0.39 is 9.84 Å². The van der Waals surface area contributed by atoms with Gasteiger partial charge in [0.2, 0.25) is 0 Å². The zero-order valence-electron chi connectivity index (χ0n) is 14.3. The van der Waals surface area contributed by atoms with Crippen LogP contribution in [0.1, 0.15) is 16.7 Å². The van der Waals surface area contributed by atoms with Gasteiger partial charge in [-0.2, -0.15) is 0 Å². The second-order valence-corrected chi connectivity index (χ2v) is 8.37. The second-order valence-electron chi connectivity index (χ2n) is 6.36. The molecule has 0 spiro atoms. The molecule has 0 unspecified atom stereocenters. The topological polar surface area (TPSA) is 43.4 Å². The van der Waals surface area contributed by atoms with Crippen LogP contribution in [0.15, 0.2) is 83.8 Å². The summed E-state index contributed by atoms with van der Waals surface area (Å²) < 4.78 is 29.7. The van der Waals surface area contributed by atoms with Crippen LogP contribution in [0.3, 0.4) is 0 Å². The van der Waals surface area contributed by atoms with Crippen molar-refractivity contribution >= 4 is 21.2 Å². The molecule has 26 heavy (non-hydrogen) atoms. The van der Waals surface area contributed by atoms with E-state index >= 15 is 0 Å². The SMILES string of the molecule is CS(=O)(=O)c1ccc(C2=C(c3ccccc3)Cc3ccccc3O2)cc1. The van der Waals surface area contributed by atoms with Crippen LogP contribution in [0.5, 0.6) is 5.75 Å². The lowest BCUT2D eigenvalue weighted by Crippen LogP contribution is -2.09. The highest BCUT2D eigenvalue weighted by Crippen LogP contribution is 2.39. The maximum atomic E-state index is 11.7. The lowest BCUT2D eigenvalue weighted by atomic mass is 9.92. The molecule has 4 rings (SSSR count). The van der Waals surface area contributed by atoms with E-state index in [1.54, 1.807) is 12.1 Å². The van der Waals surface area contributed by atoms with E-state index in [9.17, 15) is 8.42 Å². The van der Waals surface area contributed by atoms with Crippen LogP contribution in [0.4, 0.5) is 0 Å². The van der Waals surface area contributed by atoms with Crippen molar-refractivity contribution in [2.45, 2.75) is 11.3 Å². The van der Waals surface area contributed by atoms with E-state index in [0.29, 0.717) is 4.90 Å². The van der Waals surface area contributed by atoms with Gasteiger partial charge in [0, 0.05) is 23.8 Å². The Morgan fingerprint density at radius 2 is 1.42 bits per heavy atom. The molecule has 0 saturated heterocycles. The average Bonchev–Trinajstić information content (AvgIpc) is 2.67. The number of ether oxygens (including phenoxy) is 1. The summed E-state index contributed by atoms with van der Waals surface area (Å²) in [6.45, 7) is 0. The number of sulfone groups is 1. The van der Waals surface area contributed by atoms with Crippen LogP contribution in [0, 0.1) is 0 Å². The number of rotatable bonds is 3. The van der Waals surface area contributed by atoms with E-state index in [-0.39, 0.29) is 0 Å². The minimum absolute atomic E-state index is 0.305. The van der Waals surface area contributed by atoms with Gasteiger partial charge in [-0.25, -0.2) is 8.42 Å². The van der Waals surface area contributed by atoms with Gasteiger partial charge >= 0.3 is 0 Å². The molecule has 4 heteroatoms. The van der Waals surface area contributed by atoms with E-state index in [4.69, 9.17) is 4.74 Å². The molecule has 0 aliphatic carbocycles. The van der Waals surface area contributed by atoms with Gasteiger partial charge in [0.05, 0.1) is 4.90 Å². The van der Waals surface area contributed by atoms with Gasteiger partial charge in [0.15, 0.2) is 9.84 Å². The van der Waals surface area contributed by atoms with Gasteiger partial charge in [-0.3, -0.25) is 0 Å². The van der Waals surface area contributed by atoms with Crippen LogP contribution >= 0.6 is 0 Å². The van der Waals surface area contributed by atoms with Crippen molar-refractivity contribution in [1.82, 2.24) is 0 Å². The van der Waals surface area contributed by atoms with Crippen LogP contribution in [-0.4, -0.2) is 14.7 Å². The Balaban J connectivity index is 1.85. The average molecular weight is 362 g/mol. The smallest absolute Gasteiger partial charge is 0.175 e. The minimum Gasteiger partial charge on any atom is -0.456 e. The molecular formula is C22H18O3S. The molecule has 130 valence electrons. The van der Waals surface area contributed by atoms with Crippen LogP contribution in [-0.2, 0) is 16.3 Å². The quantitative estimate of drug-likeness (QED) is 0.684. The molecule has 0 saturated carbocycles. The van der Waals surface area contributed by atoms with Gasteiger partial charge in [0.1, 0.15) is 11.5 Å². The molecule has 0 aromatic heterocycles. The first kappa shape index (κ1) is 16.6. The summed E-state index contributed by atoms with van der Waals surface area (Å²) in [5, 5.41) is 0. The molecule has 1 aliphatic heterocycles. The molecule has 3 nitrogen and oxygen atoms in total. The maximum absolute atomic E-state index is 11.7. The maximum Gasteiger partial charge on any atom is 0.175 e. The first-order chi connectivity index (χ1) is 12.5. The lowest BCUT2D eigenvalue weighted by molar-refractivity contribution is 0.502. The summed E-state index contributed by atoms with van der Waals surface area (Å²) in [4.78, 5) is 0.305. The Morgan fingerprint density at radius 3 is 2.12 bits per heavy atom. The van der Waals surface area contributed by atoms with Crippen LogP contribution < -0.4 is 4.74 Å². The summed E-state index contributed by atoms with van der Waals surface area (Å²) >= 11 is 0. The number of allylic oxidation sites excluding steroid dienone is 1. The molecular weight excluding hydrogens is 344 g/mol. The molecule has 0 amide bonds. The lowest BCUT2D eigenvalue weighted by Gasteiger charge is -2.24. The molecule has 1 aliphatic rings. The number of para-hydroxylation sites is 1. The van der Waals surface area contributed by atoms with Crippen molar-refractivity contribution in [3.63, 3.8) is 0 Å². The highest BCUT2D eigenvalue weighted by atomic mass is 32.2. The molecule has 0 N–H and O–H groups in total. The van der Waals surface area contributed by atoms with Gasteiger partial charge in [-0.1, -0.05) is 48.5 Å². The van der Waals surface area contributed by atoms with Crippen molar-refractivity contribution in [3.8, 4) is 5.75 Å². The number of hydrogen-bond donors (Lipinski definition) is 0. The predicted molar refractivity (Wildman–Crippen MR) is 104 cm³/mol. The molecule has 0 atom stereocenters. The summed E-state index contributed by atoms with van der Waals surface area (Å²) in [5.41, 5.74) is 4.20. The second kappa shape index (κ2) is 6.46. The summed E-state index contributed by atoms with van der Waals surface area (Å²) in [6, 6.07) is 25.0. The Kier molecular flexibility index (Phi) is 4.13. The fourth-order valence-corrected chi connectivity index (χ4v) is 3.78. The zero-order chi connectivity index (χ0) is 18.1. The Labute approximate surface area is 153 Å². The highest BCUT2D eigenvalue weighted by Gasteiger charge is 2.22. The van der Waals surface area contributed by atoms with E-state index in [1.165, 1.54) is 6.26 Å². The highest BCUT2D eigenvalue weighted by molar-refractivity contribution is 7.90. The predicted octanol–water partition coefficient (Wildman–Crippen LogP) is 4.59. The van der Waals surface area contributed by atoms with Crippen LogP contribution in [0.25, 0.3) is 11.3 Å². The Bertz CT molecular complexity index is 1080. The van der Waals surface area contributed by atoms with Gasteiger partial charge < -0.3 is 4.74 Å². The van der Waals surface area contributed by atoms with Crippen molar-refractivity contribution in [1.29, 1.82) is 0 Å². The van der Waals surface area contributed by atoms with Gasteiger partial charge in [-0.05, 0) is 41.5 Å². The van der Waals surface area contributed by atoms with Crippen molar-refractivity contribution in [2.75, 3.05) is 6.26 Å². The minimum atomic E-state index is -3.22. The summed E-state index contributed by atoms with van der Waals surface area (Å²) in [5.74, 6) is 1.62. The van der Waals surface area contributed by atoms with Gasteiger partial charge in [-0.15, -0.1) is 0 Å². The molecule has 0 fully saturated rings. The normalized spacial score (nSPS) is 13.9. The van der Waals surface area contributed by atoms with Crippen molar-refractivity contribution < 1.29 is 13.2 Å². The van der Waals surface area contributed by atoms with E-state index in [2.05, 4.69) is 18.2 Å². The first-order valence-corrected chi connectivity index (χ1v) is 10.3. The van der Waals surface area contributed by atoms with Crippen LogP contribution in [0.2, 0.25) is 0 Å². The van der Waals surface area contributed by atoms with Crippen molar-refractivity contribution in [2.24, 2.45) is 0 Å². The molecule has 0 radical (unpaired) electrons. The molecule has 0 bridgehead atoms. The first-order valence-electron chi connectivity index (χ1n) is 8.37. The number of fused-ring (bicyclic) bond motifs is 1. The third kappa shape index (κ3) is 3.16. The Hall–Kier alpha value is -2.85. The monoisotopic (exact) mass is 362 g/mol. The van der Waals surface area contributed by atoms with Gasteiger partial charge in [0.25, 0.3) is 0 Å². The summed E-state index contributed by atoms with van der Waals surface area (Å²) in [7, 11) is -3.22. The molecule has 3 aromatic carbocycles.